The molecule has 3 aromatic rings. The highest BCUT2D eigenvalue weighted by atomic mass is 127. The van der Waals surface area contributed by atoms with Crippen LogP contribution in [0.25, 0.3) is 10.7 Å². The molecule has 2 aromatic heterocycles. The number of fused-ring (bicyclic) bond motifs is 3. The van der Waals surface area contributed by atoms with Crippen LogP contribution in [0, 0.1) is 14.8 Å². The van der Waals surface area contributed by atoms with E-state index in [-0.39, 0.29) is 17.1 Å². The van der Waals surface area contributed by atoms with E-state index in [0.717, 1.165) is 45.9 Å². The number of benzene rings is 1. The first-order chi connectivity index (χ1) is 15.3. The van der Waals surface area contributed by atoms with Crippen molar-refractivity contribution in [2.24, 2.45) is 5.41 Å². The van der Waals surface area contributed by atoms with E-state index in [1.807, 2.05) is 11.0 Å². The molecule has 0 radical (unpaired) electrons. The Balaban J connectivity index is 1.66. The Morgan fingerprint density at radius 3 is 2.84 bits per heavy atom. The lowest BCUT2D eigenvalue weighted by Crippen LogP contribution is -2.46. The normalized spacial score (nSPS) is 17.4. The second-order valence-corrected chi connectivity index (χ2v) is 11.3. The molecule has 168 valence electrons. The summed E-state index contributed by atoms with van der Waals surface area (Å²) in [5, 5.41) is 15.7. The third-order valence-electron chi connectivity index (χ3n) is 5.88. The Labute approximate surface area is 203 Å². The van der Waals surface area contributed by atoms with E-state index in [2.05, 4.69) is 61.8 Å². The summed E-state index contributed by atoms with van der Waals surface area (Å²) in [6.07, 6.45) is 2.47. The van der Waals surface area contributed by atoms with Gasteiger partial charge in [0.25, 0.3) is 5.91 Å². The molecule has 5 rings (SSSR count). The predicted molar refractivity (Wildman–Crippen MR) is 132 cm³/mol. The van der Waals surface area contributed by atoms with Crippen molar-refractivity contribution in [3.8, 4) is 10.7 Å². The highest BCUT2D eigenvalue weighted by Crippen LogP contribution is 2.46. The van der Waals surface area contributed by atoms with Crippen molar-refractivity contribution in [3.05, 3.63) is 45.0 Å². The smallest absolute Gasteiger partial charge is 0.257 e. The van der Waals surface area contributed by atoms with Gasteiger partial charge < -0.3 is 20.1 Å². The minimum absolute atomic E-state index is 0.0128. The van der Waals surface area contributed by atoms with Crippen LogP contribution >= 0.6 is 33.9 Å². The van der Waals surface area contributed by atoms with Crippen molar-refractivity contribution in [3.63, 3.8) is 0 Å². The number of hydrogen-bond acceptors (Lipinski definition) is 6. The zero-order valence-corrected chi connectivity index (χ0v) is 20.9. The number of rotatable bonds is 3. The Bertz CT molecular complexity index is 1180. The van der Waals surface area contributed by atoms with Crippen molar-refractivity contribution >= 4 is 50.5 Å². The summed E-state index contributed by atoms with van der Waals surface area (Å²) in [5.41, 5.74) is 1.88. The maximum Gasteiger partial charge on any atom is 0.257 e. The Morgan fingerprint density at radius 2 is 2.09 bits per heavy atom. The van der Waals surface area contributed by atoms with Crippen molar-refractivity contribution in [1.29, 1.82) is 0 Å². The number of nitrogens with zero attached hydrogens (tertiary/aromatic N) is 4. The van der Waals surface area contributed by atoms with E-state index in [1.54, 1.807) is 12.4 Å². The van der Waals surface area contributed by atoms with Gasteiger partial charge in [0.1, 0.15) is 17.1 Å². The average molecular weight is 566 g/mol. The monoisotopic (exact) mass is 566 g/mol. The first-order valence-corrected chi connectivity index (χ1v) is 12.5. The molecule has 0 atom stereocenters. The minimum Gasteiger partial charge on any atom is -0.344 e. The number of nitrogens with one attached hydrogen (secondary N) is 2. The summed E-state index contributed by atoms with van der Waals surface area (Å²) in [6.45, 7) is 8.00. The van der Waals surface area contributed by atoms with Crippen LogP contribution in [0.2, 0.25) is 0 Å². The van der Waals surface area contributed by atoms with E-state index in [0.29, 0.717) is 29.3 Å². The van der Waals surface area contributed by atoms with Gasteiger partial charge in [0, 0.05) is 36.3 Å². The van der Waals surface area contributed by atoms with Gasteiger partial charge in [-0.15, -0.1) is 21.5 Å². The SMILES string of the molecule is CC1(C)Cc2c(sc(Nc3ccc(I)cc3F)c2C(=O)N2CCNCC2)-c2nncn2C1. The Hall–Kier alpha value is -2.05. The van der Waals surface area contributed by atoms with Gasteiger partial charge in [0.15, 0.2) is 5.82 Å². The maximum atomic E-state index is 14.7. The molecule has 2 aliphatic heterocycles. The molecule has 1 saturated heterocycles. The molecule has 0 saturated carbocycles. The highest BCUT2D eigenvalue weighted by molar-refractivity contribution is 14.1. The Kier molecular flexibility index (Phi) is 5.70. The van der Waals surface area contributed by atoms with Gasteiger partial charge in [-0.2, -0.15) is 0 Å². The van der Waals surface area contributed by atoms with Gasteiger partial charge in [-0.1, -0.05) is 13.8 Å². The molecule has 4 heterocycles. The summed E-state index contributed by atoms with van der Waals surface area (Å²) < 4.78 is 17.6. The number of amides is 1. The molecule has 0 unspecified atom stereocenters. The summed E-state index contributed by atoms with van der Waals surface area (Å²) in [5.74, 6) is 0.409. The van der Waals surface area contributed by atoms with Crippen LogP contribution in [0.4, 0.5) is 15.1 Å². The van der Waals surface area contributed by atoms with Crippen molar-refractivity contribution < 1.29 is 9.18 Å². The Morgan fingerprint density at radius 1 is 1.31 bits per heavy atom. The van der Waals surface area contributed by atoms with Gasteiger partial charge in [0.05, 0.1) is 16.1 Å². The van der Waals surface area contributed by atoms with Gasteiger partial charge in [-0.3, -0.25) is 4.79 Å². The third-order valence-corrected chi connectivity index (χ3v) is 7.69. The summed E-state index contributed by atoms with van der Waals surface area (Å²) in [7, 11) is 0. The molecule has 0 bridgehead atoms. The third kappa shape index (κ3) is 4.03. The summed E-state index contributed by atoms with van der Waals surface area (Å²) >= 11 is 3.54. The number of aromatic nitrogens is 3. The van der Waals surface area contributed by atoms with Crippen LogP contribution in [0.15, 0.2) is 24.5 Å². The van der Waals surface area contributed by atoms with E-state index in [1.165, 1.54) is 17.4 Å². The highest BCUT2D eigenvalue weighted by Gasteiger charge is 2.36. The van der Waals surface area contributed by atoms with Crippen LogP contribution in [0.3, 0.4) is 0 Å². The fourth-order valence-electron chi connectivity index (χ4n) is 4.41. The molecule has 32 heavy (non-hydrogen) atoms. The van der Waals surface area contributed by atoms with E-state index < -0.39 is 0 Å². The second-order valence-electron chi connectivity index (χ2n) is 9.03. The van der Waals surface area contributed by atoms with Gasteiger partial charge >= 0.3 is 0 Å². The van der Waals surface area contributed by atoms with E-state index in [4.69, 9.17) is 0 Å². The van der Waals surface area contributed by atoms with Crippen LogP contribution in [0.5, 0.6) is 0 Å². The number of halogens is 2. The molecule has 7 nitrogen and oxygen atoms in total. The van der Waals surface area contributed by atoms with Crippen LogP contribution < -0.4 is 10.6 Å². The molecule has 2 N–H and O–H groups in total. The van der Waals surface area contributed by atoms with Gasteiger partial charge in [0.2, 0.25) is 0 Å². The molecule has 1 amide bonds. The molecular formula is C22H24FIN6OS. The summed E-state index contributed by atoms with van der Waals surface area (Å²) in [4.78, 5) is 16.6. The molecule has 1 fully saturated rings. The van der Waals surface area contributed by atoms with E-state index >= 15 is 0 Å². The van der Waals surface area contributed by atoms with Crippen molar-refractivity contribution in [2.75, 3.05) is 31.5 Å². The number of hydrogen-bond donors (Lipinski definition) is 2. The molecule has 10 heteroatoms. The molecule has 1 aromatic carbocycles. The van der Waals surface area contributed by atoms with Gasteiger partial charge in [-0.05, 0) is 58.2 Å². The zero-order valence-electron chi connectivity index (χ0n) is 17.9. The molecule has 0 aliphatic carbocycles. The quantitative estimate of drug-likeness (QED) is 0.467. The van der Waals surface area contributed by atoms with Crippen molar-refractivity contribution in [2.45, 2.75) is 26.8 Å². The lowest BCUT2D eigenvalue weighted by molar-refractivity contribution is 0.0735. The standard InChI is InChI=1S/C22H24FIN6OS/c1-22(2)10-14-17(21(31)29-7-5-25-6-8-29)20(27-16-4-3-13(24)9-15(16)23)32-18(14)19-28-26-12-30(19)11-22/h3-4,9,12,25,27H,5-8,10-11H2,1-2H3. The largest absolute Gasteiger partial charge is 0.344 e. The minimum atomic E-state index is -0.343. The lowest BCUT2D eigenvalue weighted by atomic mass is 9.85. The number of anilines is 2. The summed E-state index contributed by atoms with van der Waals surface area (Å²) in [6, 6.07) is 5.05. The van der Waals surface area contributed by atoms with Crippen LogP contribution in [-0.2, 0) is 13.0 Å². The average Bonchev–Trinajstić information content (AvgIpc) is 3.31. The number of carbonyl (C=O) groups is 1. The molecule has 0 spiro atoms. The molecule has 2 aliphatic rings. The first kappa shape index (κ1) is 21.8. The van der Waals surface area contributed by atoms with Gasteiger partial charge in [-0.25, -0.2) is 4.39 Å². The first-order valence-electron chi connectivity index (χ1n) is 10.6. The molecular weight excluding hydrogens is 542 g/mol. The van der Waals surface area contributed by atoms with Crippen LogP contribution in [0.1, 0.15) is 29.8 Å². The lowest BCUT2D eigenvalue weighted by Gasteiger charge is -2.29. The zero-order chi connectivity index (χ0) is 22.5. The number of piperazine rings is 1. The topological polar surface area (TPSA) is 75.1 Å². The maximum absolute atomic E-state index is 14.7. The van der Waals surface area contributed by atoms with E-state index in [9.17, 15) is 9.18 Å². The number of carbonyl (C=O) groups excluding carboxylic acids is 1. The van der Waals surface area contributed by atoms with Crippen molar-refractivity contribution in [1.82, 2.24) is 25.0 Å². The second kappa shape index (κ2) is 8.38. The fraction of sp³-hybridized carbons (Fsp3) is 0.409. The predicted octanol–water partition coefficient (Wildman–Crippen LogP) is 4.12. The van der Waals surface area contributed by atoms with Crippen LogP contribution in [-0.4, -0.2) is 51.8 Å². The number of thiophene rings is 1. The fourth-order valence-corrected chi connectivity index (χ4v) is 6.09.